The standard InChI is InChI=1S/C24H27ClF2N4O/c1-24(2,3)13-7-9-14(10-8-13)28-22(32)15-11-19-20(12-18(15)27)30-23(29-19)31-21-16(25)5-4-6-17(21)26/h4-6,11-14H,7-10H2,1-3H3,(H,28,32)(H2,29,30,31). The fourth-order valence-corrected chi connectivity index (χ4v) is 4.58. The lowest BCUT2D eigenvalue weighted by molar-refractivity contribution is 0.0900. The molecular formula is C24H27ClF2N4O. The summed E-state index contributed by atoms with van der Waals surface area (Å²) in [4.78, 5) is 20.0. The maximum Gasteiger partial charge on any atom is 0.254 e. The number of carbonyl (C=O) groups excluding carboxylic acids is 1. The van der Waals surface area contributed by atoms with Gasteiger partial charge < -0.3 is 15.6 Å². The van der Waals surface area contributed by atoms with E-state index in [0.717, 1.165) is 25.7 Å². The summed E-state index contributed by atoms with van der Waals surface area (Å²) in [5, 5.41) is 5.95. The second-order valence-electron chi connectivity index (χ2n) is 9.54. The van der Waals surface area contributed by atoms with Gasteiger partial charge in [0.2, 0.25) is 5.95 Å². The molecular weight excluding hydrogens is 434 g/mol. The van der Waals surface area contributed by atoms with Crippen molar-refractivity contribution in [2.24, 2.45) is 11.3 Å². The quantitative estimate of drug-likeness (QED) is 0.412. The minimum absolute atomic E-state index is 0.0378. The molecule has 1 aliphatic rings. The zero-order chi connectivity index (χ0) is 23.0. The van der Waals surface area contributed by atoms with Crippen molar-refractivity contribution in [3.63, 3.8) is 0 Å². The summed E-state index contributed by atoms with van der Waals surface area (Å²) in [6, 6.07) is 6.99. The molecule has 5 nitrogen and oxygen atoms in total. The molecule has 3 aromatic rings. The molecule has 8 heteroatoms. The lowest BCUT2D eigenvalue weighted by Crippen LogP contribution is -2.39. The van der Waals surface area contributed by atoms with Gasteiger partial charge in [-0.15, -0.1) is 0 Å². The number of benzene rings is 2. The second kappa shape index (κ2) is 8.70. The molecule has 0 radical (unpaired) electrons. The van der Waals surface area contributed by atoms with Crippen molar-refractivity contribution in [3.8, 4) is 0 Å². The summed E-state index contributed by atoms with van der Waals surface area (Å²) in [7, 11) is 0. The first kappa shape index (κ1) is 22.5. The number of aromatic amines is 1. The van der Waals surface area contributed by atoms with Crippen LogP contribution < -0.4 is 10.6 Å². The average Bonchev–Trinajstić information content (AvgIpc) is 3.11. The molecule has 170 valence electrons. The van der Waals surface area contributed by atoms with Crippen molar-refractivity contribution in [2.75, 3.05) is 5.32 Å². The van der Waals surface area contributed by atoms with E-state index in [0.29, 0.717) is 17.0 Å². The third-order valence-corrected chi connectivity index (χ3v) is 6.62. The van der Waals surface area contributed by atoms with Crippen LogP contribution in [0.4, 0.5) is 20.4 Å². The molecule has 0 spiro atoms. The summed E-state index contributed by atoms with van der Waals surface area (Å²) in [5.74, 6) is -0.799. The van der Waals surface area contributed by atoms with Crippen LogP contribution in [0.1, 0.15) is 56.8 Å². The first-order valence-electron chi connectivity index (χ1n) is 10.8. The van der Waals surface area contributed by atoms with E-state index >= 15 is 0 Å². The van der Waals surface area contributed by atoms with Crippen LogP contribution in [0.2, 0.25) is 5.02 Å². The van der Waals surface area contributed by atoms with E-state index in [1.807, 2.05) is 0 Å². The fourth-order valence-electron chi connectivity index (χ4n) is 4.37. The lowest BCUT2D eigenvalue weighted by Gasteiger charge is -2.37. The van der Waals surface area contributed by atoms with Crippen molar-refractivity contribution in [2.45, 2.75) is 52.5 Å². The smallest absolute Gasteiger partial charge is 0.254 e. The number of hydrogen-bond acceptors (Lipinski definition) is 3. The molecule has 1 amide bonds. The number of carbonyl (C=O) groups is 1. The number of rotatable bonds is 4. The lowest BCUT2D eigenvalue weighted by atomic mass is 9.71. The van der Waals surface area contributed by atoms with Crippen molar-refractivity contribution in [1.29, 1.82) is 0 Å². The van der Waals surface area contributed by atoms with Gasteiger partial charge in [0.05, 0.1) is 27.3 Å². The van der Waals surface area contributed by atoms with Gasteiger partial charge in [0.25, 0.3) is 5.91 Å². The normalized spacial score (nSPS) is 19.2. The molecule has 1 aromatic heterocycles. The fraction of sp³-hybridized carbons (Fsp3) is 0.417. The van der Waals surface area contributed by atoms with Crippen molar-refractivity contribution in [3.05, 3.63) is 52.6 Å². The molecule has 0 unspecified atom stereocenters. The second-order valence-corrected chi connectivity index (χ2v) is 9.95. The van der Waals surface area contributed by atoms with Crippen LogP contribution in [0, 0.1) is 23.0 Å². The van der Waals surface area contributed by atoms with Crippen molar-refractivity contribution < 1.29 is 13.6 Å². The maximum absolute atomic E-state index is 14.7. The van der Waals surface area contributed by atoms with Gasteiger partial charge in [-0.1, -0.05) is 38.4 Å². The molecule has 1 saturated carbocycles. The third kappa shape index (κ3) is 4.72. The van der Waals surface area contributed by atoms with Crippen LogP contribution in [0.25, 0.3) is 11.0 Å². The topological polar surface area (TPSA) is 69.8 Å². The largest absolute Gasteiger partial charge is 0.349 e. The Balaban J connectivity index is 1.49. The highest BCUT2D eigenvalue weighted by molar-refractivity contribution is 6.33. The zero-order valence-corrected chi connectivity index (χ0v) is 19.1. The zero-order valence-electron chi connectivity index (χ0n) is 18.4. The molecule has 0 aliphatic heterocycles. The van der Waals surface area contributed by atoms with Gasteiger partial charge in [-0.05, 0) is 55.2 Å². The van der Waals surface area contributed by atoms with Crippen LogP contribution in [-0.2, 0) is 0 Å². The van der Waals surface area contributed by atoms with Crippen LogP contribution >= 0.6 is 11.6 Å². The summed E-state index contributed by atoms with van der Waals surface area (Å²) >= 11 is 6.04. The van der Waals surface area contributed by atoms with E-state index in [4.69, 9.17) is 11.6 Å². The molecule has 1 heterocycles. The van der Waals surface area contributed by atoms with E-state index in [9.17, 15) is 13.6 Å². The Morgan fingerprint density at radius 1 is 1.12 bits per heavy atom. The number of nitrogens with zero attached hydrogens (tertiary/aromatic N) is 1. The van der Waals surface area contributed by atoms with Crippen LogP contribution in [0.3, 0.4) is 0 Å². The van der Waals surface area contributed by atoms with Gasteiger partial charge >= 0.3 is 0 Å². The Hall–Kier alpha value is -2.67. The highest BCUT2D eigenvalue weighted by Crippen LogP contribution is 2.38. The number of imidazole rings is 1. The van der Waals surface area contributed by atoms with Crippen molar-refractivity contribution >= 4 is 40.2 Å². The Morgan fingerprint density at radius 3 is 2.50 bits per heavy atom. The van der Waals surface area contributed by atoms with Crippen LogP contribution in [0.5, 0.6) is 0 Å². The first-order chi connectivity index (χ1) is 15.1. The highest BCUT2D eigenvalue weighted by Gasteiger charge is 2.30. The first-order valence-corrected chi connectivity index (χ1v) is 11.2. The number of fused-ring (bicyclic) bond motifs is 1. The number of halogens is 3. The Labute approximate surface area is 191 Å². The van der Waals surface area contributed by atoms with E-state index in [1.54, 1.807) is 6.07 Å². The molecule has 32 heavy (non-hydrogen) atoms. The number of H-pyrrole nitrogens is 1. The SMILES string of the molecule is CC(C)(C)C1CCC(NC(=O)c2cc3nc(Nc4c(F)cccc4Cl)[nH]c3cc2F)CC1. The molecule has 3 N–H and O–H groups in total. The van der Waals surface area contributed by atoms with Gasteiger partial charge in [0.1, 0.15) is 11.6 Å². The summed E-state index contributed by atoms with van der Waals surface area (Å²) in [6.07, 6.45) is 3.86. The predicted octanol–water partition coefficient (Wildman–Crippen LogP) is 6.57. The molecule has 4 rings (SSSR count). The summed E-state index contributed by atoms with van der Waals surface area (Å²) in [5.41, 5.74) is 1.04. The van der Waals surface area contributed by atoms with Crippen LogP contribution in [0.15, 0.2) is 30.3 Å². The molecule has 0 saturated heterocycles. The number of aromatic nitrogens is 2. The Kier molecular flexibility index (Phi) is 6.12. The number of hydrogen-bond donors (Lipinski definition) is 3. The monoisotopic (exact) mass is 460 g/mol. The molecule has 1 fully saturated rings. The Bertz CT molecular complexity index is 1130. The third-order valence-electron chi connectivity index (χ3n) is 6.31. The van der Waals surface area contributed by atoms with Gasteiger partial charge in [-0.3, -0.25) is 4.79 Å². The molecule has 0 atom stereocenters. The molecule has 2 aromatic carbocycles. The predicted molar refractivity (Wildman–Crippen MR) is 123 cm³/mol. The number of amides is 1. The van der Waals surface area contributed by atoms with E-state index in [2.05, 4.69) is 41.4 Å². The highest BCUT2D eigenvalue weighted by atomic mass is 35.5. The van der Waals surface area contributed by atoms with E-state index < -0.39 is 17.5 Å². The van der Waals surface area contributed by atoms with Gasteiger partial charge in [0, 0.05) is 12.1 Å². The van der Waals surface area contributed by atoms with Crippen molar-refractivity contribution in [1.82, 2.24) is 15.3 Å². The number of nitrogens with one attached hydrogen (secondary N) is 3. The summed E-state index contributed by atoms with van der Waals surface area (Å²) in [6.45, 7) is 6.73. The van der Waals surface area contributed by atoms with Gasteiger partial charge in [0.15, 0.2) is 0 Å². The van der Waals surface area contributed by atoms with Gasteiger partial charge in [-0.25, -0.2) is 13.8 Å². The van der Waals surface area contributed by atoms with E-state index in [-0.39, 0.29) is 33.7 Å². The molecule has 0 bridgehead atoms. The molecule has 1 aliphatic carbocycles. The number of anilines is 2. The minimum Gasteiger partial charge on any atom is -0.349 e. The van der Waals surface area contributed by atoms with E-state index in [1.165, 1.54) is 24.3 Å². The van der Waals surface area contributed by atoms with Gasteiger partial charge in [-0.2, -0.15) is 0 Å². The maximum atomic E-state index is 14.7. The number of para-hydroxylation sites is 1. The minimum atomic E-state index is -0.641. The Morgan fingerprint density at radius 2 is 1.84 bits per heavy atom. The average molecular weight is 461 g/mol. The summed E-state index contributed by atoms with van der Waals surface area (Å²) < 4.78 is 28.7. The van der Waals surface area contributed by atoms with Crippen LogP contribution in [-0.4, -0.2) is 21.9 Å².